The minimum absolute atomic E-state index is 0.694. The lowest BCUT2D eigenvalue weighted by atomic mass is 10.1. The van der Waals surface area contributed by atoms with E-state index in [2.05, 4.69) is 17.1 Å². The third-order valence-corrected chi connectivity index (χ3v) is 3.19. The third-order valence-electron chi connectivity index (χ3n) is 3.19. The molecule has 0 saturated carbocycles. The fourth-order valence-corrected chi connectivity index (χ4v) is 2.20. The molecule has 1 heterocycles. The van der Waals surface area contributed by atoms with E-state index in [9.17, 15) is 0 Å². The summed E-state index contributed by atoms with van der Waals surface area (Å²) in [4.78, 5) is 2.54. The third kappa shape index (κ3) is 5.25. The Morgan fingerprint density at radius 1 is 1.19 bits per heavy atom. The van der Waals surface area contributed by atoms with Gasteiger partial charge in [-0.05, 0) is 32.5 Å². The highest BCUT2D eigenvalue weighted by Gasteiger charge is 2.18. The van der Waals surface area contributed by atoms with Crippen molar-refractivity contribution in [1.82, 2.24) is 10.2 Å². The SMILES string of the molecule is CCN(CCOCCOC)C1CCNCC1. The second kappa shape index (κ2) is 8.93. The largest absolute Gasteiger partial charge is 0.382 e. The highest BCUT2D eigenvalue weighted by atomic mass is 16.5. The molecule has 0 atom stereocenters. The zero-order valence-corrected chi connectivity index (χ0v) is 10.7. The van der Waals surface area contributed by atoms with E-state index in [0.29, 0.717) is 13.2 Å². The van der Waals surface area contributed by atoms with Crippen molar-refractivity contribution in [3.05, 3.63) is 0 Å². The van der Waals surface area contributed by atoms with Crippen LogP contribution in [0.3, 0.4) is 0 Å². The summed E-state index contributed by atoms with van der Waals surface area (Å²) in [7, 11) is 1.71. The second-order valence-corrected chi connectivity index (χ2v) is 4.21. The van der Waals surface area contributed by atoms with Crippen LogP contribution in [0.4, 0.5) is 0 Å². The molecule has 0 radical (unpaired) electrons. The molecule has 16 heavy (non-hydrogen) atoms. The number of ether oxygens (including phenoxy) is 2. The first kappa shape index (κ1) is 13.9. The van der Waals surface area contributed by atoms with Gasteiger partial charge in [-0.25, -0.2) is 0 Å². The van der Waals surface area contributed by atoms with Gasteiger partial charge in [0, 0.05) is 19.7 Å². The van der Waals surface area contributed by atoms with Crippen LogP contribution in [0, 0.1) is 0 Å². The number of nitrogens with one attached hydrogen (secondary N) is 1. The van der Waals surface area contributed by atoms with Gasteiger partial charge < -0.3 is 14.8 Å². The number of rotatable bonds is 8. The summed E-state index contributed by atoms with van der Waals surface area (Å²) >= 11 is 0. The van der Waals surface area contributed by atoms with E-state index in [0.717, 1.165) is 38.8 Å². The molecule has 4 nitrogen and oxygen atoms in total. The number of nitrogens with zero attached hydrogens (tertiary/aromatic N) is 1. The van der Waals surface area contributed by atoms with Crippen LogP contribution >= 0.6 is 0 Å². The Hall–Kier alpha value is -0.160. The van der Waals surface area contributed by atoms with E-state index in [1.165, 1.54) is 12.8 Å². The molecule has 1 aliphatic rings. The van der Waals surface area contributed by atoms with Crippen molar-refractivity contribution in [1.29, 1.82) is 0 Å². The molecular weight excluding hydrogens is 204 g/mol. The summed E-state index contributed by atoms with van der Waals surface area (Å²) in [5.74, 6) is 0. The zero-order chi connectivity index (χ0) is 11.6. The van der Waals surface area contributed by atoms with Crippen LogP contribution in [-0.4, -0.2) is 64.1 Å². The maximum Gasteiger partial charge on any atom is 0.0700 e. The molecule has 0 spiro atoms. The number of hydrogen-bond donors (Lipinski definition) is 1. The Kier molecular flexibility index (Phi) is 7.76. The molecule has 1 saturated heterocycles. The first-order valence-corrected chi connectivity index (χ1v) is 6.40. The smallest absolute Gasteiger partial charge is 0.0700 e. The van der Waals surface area contributed by atoms with Gasteiger partial charge in [0.2, 0.25) is 0 Å². The molecule has 0 aromatic rings. The first-order chi connectivity index (χ1) is 7.88. The van der Waals surface area contributed by atoms with Crippen LogP contribution in [0.1, 0.15) is 19.8 Å². The Morgan fingerprint density at radius 2 is 1.94 bits per heavy atom. The number of piperidine rings is 1. The molecule has 0 aromatic heterocycles. The Balaban J connectivity index is 2.10. The summed E-state index contributed by atoms with van der Waals surface area (Å²) in [6.45, 7) is 8.94. The average molecular weight is 230 g/mol. The van der Waals surface area contributed by atoms with E-state index >= 15 is 0 Å². The minimum atomic E-state index is 0.694. The van der Waals surface area contributed by atoms with Gasteiger partial charge in [-0.1, -0.05) is 6.92 Å². The van der Waals surface area contributed by atoms with Crippen molar-refractivity contribution in [2.45, 2.75) is 25.8 Å². The molecule has 0 amide bonds. The maximum atomic E-state index is 5.51. The maximum absolute atomic E-state index is 5.51. The number of likely N-dealkylation sites (N-methyl/N-ethyl adjacent to an activating group) is 1. The molecule has 0 aliphatic carbocycles. The monoisotopic (exact) mass is 230 g/mol. The van der Waals surface area contributed by atoms with Crippen LogP contribution < -0.4 is 5.32 Å². The van der Waals surface area contributed by atoms with E-state index in [1.54, 1.807) is 7.11 Å². The van der Waals surface area contributed by atoms with Crippen molar-refractivity contribution in [3.63, 3.8) is 0 Å². The van der Waals surface area contributed by atoms with E-state index in [-0.39, 0.29) is 0 Å². The zero-order valence-electron chi connectivity index (χ0n) is 10.7. The predicted molar refractivity (Wildman–Crippen MR) is 65.8 cm³/mol. The van der Waals surface area contributed by atoms with Gasteiger partial charge in [0.15, 0.2) is 0 Å². The Labute approximate surface area is 99.3 Å². The van der Waals surface area contributed by atoms with Crippen molar-refractivity contribution >= 4 is 0 Å². The highest BCUT2D eigenvalue weighted by molar-refractivity contribution is 4.76. The predicted octanol–water partition coefficient (Wildman–Crippen LogP) is 0.723. The second-order valence-electron chi connectivity index (χ2n) is 4.21. The van der Waals surface area contributed by atoms with Gasteiger partial charge in [0.05, 0.1) is 19.8 Å². The van der Waals surface area contributed by atoms with Crippen LogP contribution in [-0.2, 0) is 9.47 Å². The summed E-state index contributed by atoms with van der Waals surface area (Å²) in [6.07, 6.45) is 2.54. The van der Waals surface area contributed by atoms with Gasteiger partial charge in [0.1, 0.15) is 0 Å². The quantitative estimate of drug-likeness (QED) is 0.623. The van der Waals surface area contributed by atoms with Crippen molar-refractivity contribution in [2.24, 2.45) is 0 Å². The van der Waals surface area contributed by atoms with Gasteiger partial charge in [-0.3, -0.25) is 4.90 Å². The molecule has 0 unspecified atom stereocenters. The molecule has 0 aromatic carbocycles. The lowest BCUT2D eigenvalue weighted by Gasteiger charge is -2.33. The summed E-state index contributed by atoms with van der Waals surface area (Å²) < 4.78 is 10.5. The summed E-state index contributed by atoms with van der Waals surface area (Å²) in [5, 5.41) is 3.40. The Morgan fingerprint density at radius 3 is 2.56 bits per heavy atom. The molecule has 1 fully saturated rings. The van der Waals surface area contributed by atoms with Crippen molar-refractivity contribution in [2.75, 3.05) is 53.1 Å². The molecule has 0 bridgehead atoms. The standard InChI is InChI=1S/C12H26N2O2/c1-3-14(8-9-16-11-10-15-2)12-4-6-13-7-5-12/h12-13H,3-11H2,1-2H3. The number of hydrogen-bond acceptors (Lipinski definition) is 4. The van der Waals surface area contributed by atoms with Crippen molar-refractivity contribution in [3.8, 4) is 0 Å². The minimum Gasteiger partial charge on any atom is -0.382 e. The molecule has 1 N–H and O–H groups in total. The summed E-state index contributed by atoms with van der Waals surface area (Å²) in [5.41, 5.74) is 0. The lowest BCUT2D eigenvalue weighted by molar-refractivity contribution is 0.0472. The molecule has 4 heteroatoms. The molecule has 96 valence electrons. The molecule has 1 rings (SSSR count). The van der Waals surface area contributed by atoms with E-state index in [4.69, 9.17) is 9.47 Å². The topological polar surface area (TPSA) is 33.7 Å². The van der Waals surface area contributed by atoms with E-state index < -0.39 is 0 Å². The van der Waals surface area contributed by atoms with Gasteiger partial charge in [-0.2, -0.15) is 0 Å². The normalized spacial score (nSPS) is 18.2. The fourth-order valence-electron chi connectivity index (χ4n) is 2.20. The van der Waals surface area contributed by atoms with E-state index in [1.807, 2.05) is 0 Å². The number of methoxy groups -OCH3 is 1. The van der Waals surface area contributed by atoms with Crippen LogP contribution in [0.15, 0.2) is 0 Å². The first-order valence-electron chi connectivity index (χ1n) is 6.40. The fraction of sp³-hybridized carbons (Fsp3) is 1.00. The molecule has 1 aliphatic heterocycles. The van der Waals surface area contributed by atoms with Crippen LogP contribution in [0.25, 0.3) is 0 Å². The Bertz CT molecular complexity index is 161. The molecular formula is C12H26N2O2. The summed E-state index contributed by atoms with van der Waals surface area (Å²) in [6, 6.07) is 0.747. The average Bonchev–Trinajstić information content (AvgIpc) is 2.35. The van der Waals surface area contributed by atoms with Crippen LogP contribution in [0.2, 0.25) is 0 Å². The van der Waals surface area contributed by atoms with Gasteiger partial charge >= 0.3 is 0 Å². The van der Waals surface area contributed by atoms with Gasteiger partial charge in [0.25, 0.3) is 0 Å². The van der Waals surface area contributed by atoms with Crippen LogP contribution in [0.5, 0.6) is 0 Å². The van der Waals surface area contributed by atoms with Crippen molar-refractivity contribution < 1.29 is 9.47 Å². The highest BCUT2D eigenvalue weighted by Crippen LogP contribution is 2.10. The lowest BCUT2D eigenvalue weighted by Crippen LogP contribution is -2.44. The van der Waals surface area contributed by atoms with Gasteiger partial charge in [-0.15, -0.1) is 0 Å².